The minimum Gasteiger partial charge on any atom is -0.297 e. The molecule has 0 aliphatic heterocycles. The average molecular weight is 385 g/mol. The number of benzene rings is 2. The molecule has 0 fully saturated rings. The Labute approximate surface area is 151 Å². The van der Waals surface area contributed by atoms with Crippen LogP contribution in [0.2, 0.25) is 15.1 Å². The first-order valence-corrected chi connectivity index (χ1v) is 8.30. The Morgan fingerprint density at radius 2 is 1.87 bits per heavy atom. The maximum atomic E-state index is 12.2. The highest BCUT2D eigenvalue weighted by Crippen LogP contribution is 2.25. The second kappa shape index (κ2) is 6.84. The van der Waals surface area contributed by atoms with Crippen molar-refractivity contribution in [3.05, 3.63) is 63.1 Å². The molecule has 23 heavy (non-hydrogen) atoms. The Kier molecular flexibility index (Phi) is 4.82. The molecule has 8 heteroatoms. The van der Waals surface area contributed by atoms with Crippen molar-refractivity contribution in [1.82, 2.24) is 9.36 Å². The Morgan fingerprint density at radius 3 is 2.61 bits per heavy atom. The van der Waals surface area contributed by atoms with Crippen LogP contribution in [0.25, 0.3) is 11.4 Å². The molecule has 1 heterocycles. The molecule has 0 aliphatic carbocycles. The van der Waals surface area contributed by atoms with Gasteiger partial charge in [0.2, 0.25) is 5.13 Å². The van der Waals surface area contributed by atoms with Crippen LogP contribution in [0.15, 0.2) is 42.5 Å². The van der Waals surface area contributed by atoms with Crippen molar-refractivity contribution in [1.29, 1.82) is 0 Å². The van der Waals surface area contributed by atoms with E-state index in [1.54, 1.807) is 24.3 Å². The van der Waals surface area contributed by atoms with Gasteiger partial charge in [-0.1, -0.05) is 46.9 Å². The maximum Gasteiger partial charge on any atom is 0.257 e. The summed E-state index contributed by atoms with van der Waals surface area (Å²) in [6.07, 6.45) is 0. The molecule has 4 nitrogen and oxygen atoms in total. The van der Waals surface area contributed by atoms with Crippen molar-refractivity contribution in [3.63, 3.8) is 0 Å². The first-order valence-electron chi connectivity index (χ1n) is 6.39. The van der Waals surface area contributed by atoms with Crippen LogP contribution in [0.3, 0.4) is 0 Å². The minimum absolute atomic E-state index is 0.316. The highest BCUT2D eigenvalue weighted by atomic mass is 35.5. The molecule has 3 rings (SSSR count). The van der Waals surface area contributed by atoms with Gasteiger partial charge in [0.1, 0.15) is 0 Å². The largest absolute Gasteiger partial charge is 0.297 e. The number of anilines is 1. The van der Waals surface area contributed by atoms with Crippen molar-refractivity contribution in [2.45, 2.75) is 0 Å². The van der Waals surface area contributed by atoms with Crippen LogP contribution in [0, 0.1) is 0 Å². The fourth-order valence-electron chi connectivity index (χ4n) is 1.83. The number of nitrogens with one attached hydrogen (secondary N) is 1. The van der Waals surface area contributed by atoms with Gasteiger partial charge >= 0.3 is 0 Å². The van der Waals surface area contributed by atoms with Crippen LogP contribution in [0.4, 0.5) is 5.13 Å². The zero-order chi connectivity index (χ0) is 16.4. The number of carbonyl (C=O) groups excluding carboxylic acids is 1. The van der Waals surface area contributed by atoms with Crippen molar-refractivity contribution in [2.24, 2.45) is 0 Å². The number of carbonyl (C=O) groups is 1. The molecule has 1 aromatic heterocycles. The number of hydrogen-bond acceptors (Lipinski definition) is 4. The predicted molar refractivity (Wildman–Crippen MR) is 94.8 cm³/mol. The molecule has 0 saturated heterocycles. The van der Waals surface area contributed by atoms with E-state index in [9.17, 15) is 4.79 Å². The molecule has 3 aromatic rings. The van der Waals surface area contributed by atoms with Crippen LogP contribution in [-0.4, -0.2) is 15.3 Å². The molecule has 0 aliphatic rings. The van der Waals surface area contributed by atoms with E-state index in [1.807, 2.05) is 12.1 Å². The molecular formula is C15H8Cl3N3OS. The van der Waals surface area contributed by atoms with Crippen molar-refractivity contribution >= 4 is 57.4 Å². The normalized spacial score (nSPS) is 10.6. The minimum atomic E-state index is -0.336. The van der Waals surface area contributed by atoms with Gasteiger partial charge in [-0.05, 0) is 30.3 Å². The van der Waals surface area contributed by atoms with Gasteiger partial charge in [0.05, 0.1) is 10.0 Å². The first-order chi connectivity index (χ1) is 11.0. The zero-order valence-electron chi connectivity index (χ0n) is 11.4. The smallest absolute Gasteiger partial charge is 0.257 e. The molecule has 1 N–H and O–H groups in total. The Hall–Kier alpha value is -1.66. The summed E-state index contributed by atoms with van der Waals surface area (Å²) < 4.78 is 4.22. The topological polar surface area (TPSA) is 54.9 Å². The fourth-order valence-corrected chi connectivity index (χ4v) is 2.90. The van der Waals surface area contributed by atoms with Crippen molar-refractivity contribution in [3.8, 4) is 11.4 Å². The van der Waals surface area contributed by atoms with Crippen LogP contribution in [0.1, 0.15) is 10.4 Å². The SMILES string of the molecule is O=C(Nc1nc(-c2cccc(Cl)c2)ns1)c1ccc(Cl)c(Cl)c1. The van der Waals surface area contributed by atoms with E-state index in [2.05, 4.69) is 14.7 Å². The summed E-state index contributed by atoms with van der Waals surface area (Å²) in [5.74, 6) is 0.166. The number of nitrogens with zero attached hydrogens (tertiary/aromatic N) is 2. The van der Waals surface area contributed by atoms with Gasteiger partial charge in [0.15, 0.2) is 5.82 Å². The summed E-state index contributed by atoms with van der Waals surface area (Å²) in [6.45, 7) is 0. The van der Waals surface area contributed by atoms with E-state index in [0.29, 0.717) is 31.6 Å². The number of hydrogen-bond donors (Lipinski definition) is 1. The average Bonchev–Trinajstić information content (AvgIpc) is 2.98. The molecule has 0 saturated carbocycles. The Balaban J connectivity index is 1.78. The van der Waals surface area contributed by atoms with E-state index < -0.39 is 0 Å². The third kappa shape index (κ3) is 3.82. The Morgan fingerprint density at radius 1 is 1.04 bits per heavy atom. The molecule has 0 bridgehead atoms. The lowest BCUT2D eigenvalue weighted by Crippen LogP contribution is -2.11. The molecule has 116 valence electrons. The molecule has 0 atom stereocenters. The van der Waals surface area contributed by atoms with E-state index >= 15 is 0 Å². The lowest BCUT2D eigenvalue weighted by Gasteiger charge is -2.02. The van der Waals surface area contributed by atoms with E-state index in [4.69, 9.17) is 34.8 Å². The van der Waals surface area contributed by atoms with E-state index in [-0.39, 0.29) is 5.91 Å². The van der Waals surface area contributed by atoms with Crippen molar-refractivity contribution in [2.75, 3.05) is 5.32 Å². The van der Waals surface area contributed by atoms with Gasteiger partial charge in [-0.25, -0.2) is 0 Å². The number of halogens is 3. The molecule has 1 amide bonds. The summed E-state index contributed by atoms with van der Waals surface area (Å²) in [7, 11) is 0. The first kappa shape index (κ1) is 16.2. The van der Waals surface area contributed by atoms with Crippen LogP contribution in [-0.2, 0) is 0 Å². The number of rotatable bonds is 3. The molecule has 0 unspecified atom stereocenters. The van der Waals surface area contributed by atoms with Gasteiger partial charge in [0.25, 0.3) is 5.91 Å². The van der Waals surface area contributed by atoms with Gasteiger partial charge in [0, 0.05) is 27.7 Å². The fraction of sp³-hybridized carbons (Fsp3) is 0. The highest BCUT2D eigenvalue weighted by Gasteiger charge is 2.12. The van der Waals surface area contributed by atoms with E-state index in [1.165, 1.54) is 6.07 Å². The van der Waals surface area contributed by atoms with Gasteiger partial charge in [-0.2, -0.15) is 9.36 Å². The highest BCUT2D eigenvalue weighted by molar-refractivity contribution is 7.10. The summed E-state index contributed by atoms with van der Waals surface area (Å²) in [5, 5.41) is 4.37. The summed E-state index contributed by atoms with van der Waals surface area (Å²) in [5.41, 5.74) is 1.17. The molecular weight excluding hydrogens is 377 g/mol. The van der Waals surface area contributed by atoms with Gasteiger partial charge in [-0.3, -0.25) is 10.1 Å². The van der Waals surface area contributed by atoms with Gasteiger partial charge in [-0.15, -0.1) is 0 Å². The third-order valence-electron chi connectivity index (χ3n) is 2.91. The monoisotopic (exact) mass is 383 g/mol. The third-order valence-corrected chi connectivity index (χ3v) is 4.52. The maximum absolute atomic E-state index is 12.2. The lowest BCUT2D eigenvalue weighted by atomic mass is 10.2. The number of amides is 1. The second-order valence-corrected chi connectivity index (χ2v) is 6.52. The number of aromatic nitrogens is 2. The van der Waals surface area contributed by atoms with Crippen LogP contribution >= 0.6 is 46.3 Å². The Bertz CT molecular complexity index is 882. The standard InChI is InChI=1S/C15H8Cl3N3OS/c16-10-3-1-2-8(6-10)13-19-15(23-21-13)20-14(22)9-4-5-11(17)12(18)7-9/h1-7H,(H,19,20,21,22). The van der Waals surface area contributed by atoms with Gasteiger partial charge < -0.3 is 0 Å². The summed E-state index contributed by atoms with van der Waals surface area (Å²) >= 11 is 18.8. The molecule has 0 spiro atoms. The van der Waals surface area contributed by atoms with E-state index in [0.717, 1.165) is 17.1 Å². The molecule has 0 radical (unpaired) electrons. The quantitative estimate of drug-likeness (QED) is 0.656. The lowest BCUT2D eigenvalue weighted by molar-refractivity contribution is 0.102. The van der Waals surface area contributed by atoms with Crippen LogP contribution < -0.4 is 5.32 Å². The molecule has 2 aromatic carbocycles. The van der Waals surface area contributed by atoms with Crippen LogP contribution in [0.5, 0.6) is 0 Å². The second-order valence-electron chi connectivity index (χ2n) is 4.52. The predicted octanol–water partition coefficient (Wildman–Crippen LogP) is 5.42. The summed E-state index contributed by atoms with van der Waals surface area (Å²) in [4.78, 5) is 16.5. The zero-order valence-corrected chi connectivity index (χ0v) is 14.5. The van der Waals surface area contributed by atoms with Crippen molar-refractivity contribution < 1.29 is 4.79 Å². The summed E-state index contributed by atoms with van der Waals surface area (Å²) in [6, 6.07) is 11.8.